The molecule has 4 nitrogen and oxygen atoms in total. The van der Waals surface area contributed by atoms with Gasteiger partial charge >= 0.3 is 0 Å². The number of benzene rings is 2. The molecule has 0 unspecified atom stereocenters. The first kappa shape index (κ1) is 15.1. The summed E-state index contributed by atoms with van der Waals surface area (Å²) in [5.41, 5.74) is -1.21. The molecular formula is C16H12ClNO3S. The van der Waals surface area contributed by atoms with E-state index < -0.39 is 11.5 Å². The molecule has 0 spiro atoms. The highest BCUT2D eigenvalue weighted by atomic mass is 35.5. The number of fused-ring (bicyclic) bond motifs is 1. The normalized spacial score (nSPS) is 19.6. The van der Waals surface area contributed by atoms with Gasteiger partial charge in [0, 0.05) is 21.2 Å². The highest BCUT2D eigenvalue weighted by Crippen LogP contribution is 2.43. The SMILES string of the molecule is O=C(C[C@]1(O)C(=O)Nc2cccc(Cl)c21)Sc1ccccc1. The predicted octanol–water partition coefficient (Wildman–Crippen LogP) is 3.19. The fourth-order valence-corrected chi connectivity index (χ4v) is 3.59. The molecule has 2 aromatic carbocycles. The summed E-state index contributed by atoms with van der Waals surface area (Å²) in [6.45, 7) is 0. The Morgan fingerprint density at radius 3 is 2.64 bits per heavy atom. The average Bonchev–Trinajstić information content (AvgIpc) is 2.72. The van der Waals surface area contributed by atoms with Crippen molar-refractivity contribution in [2.24, 2.45) is 0 Å². The smallest absolute Gasteiger partial charge is 0.261 e. The van der Waals surface area contributed by atoms with Gasteiger partial charge in [-0.2, -0.15) is 0 Å². The van der Waals surface area contributed by atoms with Gasteiger partial charge in [0.05, 0.1) is 6.42 Å². The third kappa shape index (κ3) is 2.63. The number of nitrogens with one attached hydrogen (secondary N) is 1. The number of hydrogen-bond donors (Lipinski definition) is 2. The highest BCUT2D eigenvalue weighted by Gasteiger charge is 2.48. The number of rotatable bonds is 3. The molecule has 22 heavy (non-hydrogen) atoms. The molecule has 0 saturated carbocycles. The van der Waals surface area contributed by atoms with Gasteiger partial charge in [0.25, 0.3) is 5.91 Å². The topological polar surface area (TPSA) is 66.4 Å². The fraction of sp³-hybridized carbons (Fsp3) is 0.125. The van der Waals surface area contributed by atoms with Crippen LogP contribution in [0.15, 0.2) is 53.4 Å². The van der Waals surface area contributed by atoms with Gasteiger partial charge in [0.1, 0.15) is 0 Å². The van der Waals surface area contributed by atoms with E-state index in [1.54, 1.807) is 30.3 Å². The number of carbonyl (C=O) groups excluding carboxylic acids is 2. The van der Waals surface area contributed by atoms with E-state index in [0.29, 0.717) is 5.69 Å². The summed E-state index contributed by atoms with van der Waals surface area (Å²) in [6, 6.07) is 14.0. The van der Waals surface area contributed by atoms with Crippen LogP contribution in [0.3, 0.4) is 0 Å². The van der Waals surface area contributed by atoms with E-state index in [4.69, 9.17) is 11.6 Å². The van der Waals surface area contributed by atoms with Gasteiger partial charge in [-0.25, -0.2) is 0 Å². The molecule has 2 aromatic rings. The Balaban J connectivity index is 1.86. The van der Waals surface area contributed by atoms with Crippen molar-refractivity contribution < 1.29 is 14.7 Å². The van der Waals surface area contributed by atoms with Crippen LogP contribution in [-0.4, -0.2) is 16.1 Å². The lowest BCUT2D eigenvalue weighted by Gasteiger charge is -2.20. The van der Waals surface area contributed by atoms with Crippen LogP contribution < -0.4 is 5.32 Å². The minimum Gasteiger partial charge on any atom is -0.375 e. The summed E-state index contributed by atoms with van der Waals surface area (Å²) in [4.78, 5) is 25.1. The maximum Gasteiger partial charge on any atom is 0.261 e. The second-order valence-electron chi connectivity index (χ2n) is 4.94. The maximum atomic E-state index is 12.2. The van der Waals surface area contributed by atoms with Gasteiger partial charge in [-0.15, -0.1) is 0 Å². The van der Waals surface area contributed by atoms with E-state index >= 15 is 0 Å². The lowest BCUT2D eigenvalue weighted by molar-refractivity contribution is -0.137. The fourth-order valence-electron chi connectivity index (χ4n) is 2.42. The van der Waals surface area contributed by atoms with Crippen LogP contribution in [-0.2, 0) is 15.2 Å². The number of aliphatic hydroxyl groups is 1. The Morgan fingerprint density at radius 2 is 1.91 bits per heavy atom. The standard InChI is InChI=1S/C16H12ClNO3S/c17-11-7-4-8-12-14(11)16(21,15(20)18-12)9-13(19)22-10-5-2-1-3-6-10/h1-8,21H,9H2,(H,18,20)/t16-/m1/s1. The molecule has 1 atom stereocenters. The second kappa shape index (κ2) is 5.76. The minimum atomic E-state index is -1.92. The van der Waals surface area contributed by atoms with Crippen LogP contribution in [0, 0.1) is 0 Å². The molecule has 112 valence electrons. The Morgan fingerprint density at radius 1 is 1.18 bits per heavy atom. The molecular weight excluding hydrogens is 322 g/mol. The van der Waals surface area contributed by atoms with Crippen molar-refractivity contribution in [2.45, 2.75) is 16.9 Å². The van der Waals surface area contributed by atoms with Gasteiger partial charge in [-0.3, -0.25) is 9.59 Å². The number of anilines is 1. The third-order valence-electron chi connectivity index (χ3n) is 3.43. The number of amides is 1. The lowest BCUT2D eigenvalue weighted by Crippen LogP contribution is -2.36. The summed E-state index contributed by atoms with van der Waals surface area (Å²) in [5.74, 6) is -0.627. The molecule has 1 aliphatic heterocycles. The summed E-state index contributed by atoms with van der Waals surface area (Å²) in [6.07, 6.45) is -0.338. The summed E-state index contributed by atoms with van der Waals surface area (Å²) in [5, 5.41) is 13.2. The maximum absolute atomic E-state index is 12.2. The molecule has 1 heterocycles. The molecule has 1 amide bonds. The first-order valence-electron chi connectivity index (χ1n) is 6.59. The van der Waals surface area contributed by atoms with E-state index in [-0.39, 0.29) is 22.1 Å². The van der Waals surface area contributed by atoms with E-state index in [2.05, 4.69) is 5.32 Å². The first-order chi connectivity index (χ1) is 10.5. The Hall–Kier alpha value is -1.82. The third-order valence-corrected chi connectivity index (χ3v) is 4.62. The Bertz CT molecular complexity index is 750. The van der Waals surface area contributed by atoms with Crippen molar-refractivity contribution in [1.82, 2.24) is 0 Å². The van der Waals surface area contributed by atoms with Gasteiger partial charge < -0.3 is 10.4 Å². The zero-order valence-electron chi connectivity index (χ0n) is 11.4. The molecule has 0 bridgehead atoms. The molecule has 0 aliphatic carbocycles. The number of thioether (sulfide) groups is 1. The van der Waals surface area contributed by atoms with Crippen molar-refractivity contribution in [3.8, 4) is 0 Å². The van der Waals surface area contributed by atoms with Crippen molar-refractivity contribution in [3.63, 3.8) is 0 Å². The molecule has 0 fully saturated rings. The van der Waals surface area contributed by atoms with Crippen LogP contribution in [0.2, 0.25) is 5.02 Å². The molecule has 1 aliphatic rings. The zero-order valence-corrected chi connectivity index (χ0v) is 12.9. The largest absolute Gasteiger partial charge is 0.375 e. The molecule has 0 radical (unpaired) electrons. The van der Waals surface area contributed by atoms with E-state index in [9.17, 15) is 14.7 Å². The first-order valence-corrected chi connectivity index (χ1v) is 7.79. The second-order valence-corrected chi connectivity index (χ2v) is 6.48. The molecule has 0 aromatic heterocycles. The minimum absolute atomic E-state index is 0.260. The summed E-state index contributed by atoms with van der Waals surface area (Å²) >= 11 is 7.08. The molecule has 3 rings (SSSR count). The van der Waals surface area contributed by atoms with Crippen LogP contribution in [0.1, 0.15) is 12.0 Å². The van der Waals surface area contributed by atoms with Gasteiger partial charge in [-0.1, -0.05) is 47.6 Å². The molecule has 6 heteroatoms. The van der Waals surface area contributed by atoms with Crippen LogP contribution in [0.4, 0.5) is 5.69 Å². The molecule has 2 N–H and O–H groups in total. The van der Waals surface area contributed by atoms with E-state index in [1.807, 2.05) is 18.2 Å². The Kier molecular flexibility index (Phi) is 3.95. The summed E-state index contributed by atoms with van der Waals surface area (Å²) in [7, 11) is 0. The van der Waals surface area contributed by atoms with Crippen molar-refractivity contribution in [2.75, 3.05) is 5.32 Å². The van der Waals surface area contributed by atoms with Crippen LogP contribution >= 0.6 is 23.4 Å². The van der Waals surface area contributed by atoms with Crippen molar-refractivity contribution in [3.05, 3.63) is 59.1 Å². The van der Waals surface area contributed by atoms with Gasteiger partial charge in [0.2, 0.25) is 0 Å². The Labute approximate surface area is 136 Å². The van der Waals surface area contributed by atoms with E-state index in [0.717, 1.165) is 16.7 Å². The number of halogens is 1. The van der Waals surface area contributed by atoms with E-state index in [1.165, 1.54) is 0 Å². The van der Waals surface area contributed by atoms with Crippen molar-refractivity contribution in [1.29, 1.82) is 0 Å². The number of carbonyl (C=O) groups is 2. The quantitative estimate of drug-likeness (QED) is 0.847. The monoisotopic (exact) mass is 333 g/mol. The van der Waals surface area contributed by atoms with Crippen LogP contribution in [0.25, 0.3) is 0 Å². The summed E-state index contributed by atoms with van der Waals surface area (Å²) < 4.78 is 0. The zero-order chi connectivity index (χ0) is 15.7. The highest BCUT2D eigenvalue weighted by molar-refractivity contribution is 8.13. The van der Waals surface area contributed by atoms with Crippen molar-refractivity contribution >= 4 is 40.1 Å². The predicted molar refractivity (Wildman–Crippen MR) is 85.9 cm³/mol. The average molecular weight is 334 g/mol. The lowest BCUT2D eigenvalue weighted by atomic mass is 9.92. The molecule has 0 saturated heterocycles. The van der Waals surface area contributed by atoms with Gasteiger partial charge in [-0.05, 0) is 24.3 Å². The number of hydrogen-bond acceptors (Lipinski definition) is 4. The van der Waals surface area contributed by atoms with Crippen LogP contribution in [0.5, 0.6) is 0 Å². The van der Waals surface area contributed by atoms with Gasteiger partial charge in [0.15, 0.2) is 10.7 Å².